The van der Waals surface area contributed by atoms with Crippen molar-refractivity contribution in [3.63, 3.8) is 0 Å². The third kappa shape index (κ3) is 6.05. The van der Waals surface area contributed by atoms with Crippen LogP contribution in [0.5, 0.6) is 0 Å². The molecule has 1 heterocycles. The lowest BCUT2D eigenvalue weighted by atomic mass is 10.1. The summed E-state index contributed by atoms with van der Waals surface area (Å²) in [5, 5.41) is 0. The van der Waals surface area contributed by atoms with Crippen molar-refractivity contribution in [3.8, 4) is 0 Å². The number of ether oxygens (including phenoxy) is 1. The van der Waals surface area contributed by atoms with E-state index in [4.69, 9.17) is 0 Å². The van der Waals surface area contributed by atoms with Crippen molar-refractivity contribution < 1.29 is 14.3 Å². The summed E-state index contributed by atoms with van der Waals surface area (Å²) in [5.74, 6) is -0.817. The summed E-state index contributed by atoms with van der Waals surface area (Å²) in [6.07, 6.45) is 10.8. The van der Waals surface area contributed by atoms with E-state index < -0.39 is 5.97 Å². The molecule has 84 valence electrons. The number of rotatable bonds is 0. The molecule has 0 aromatic heterocycles. The molecule has 0 aliphatic carbocycles. The summed E-state index contributed by atoms with van der Waals surface area (Å²) >= 11 is 0. The molecule has 0 aromatic rings. The number of carbonyl (C=O) groups excluding carboxylic acids is 2. The molecule has 1 aliphatic heterocycles. The summed E-state index contributed by atoms with van der Waals surface area (Å²) in [5.41, 5.74) is 0. The lowest BCUT2D eigenvalue weighted by molar-refractivity contribution is -0.159. The van der Waals surface area contributed by atoms with Gasteiger partial charge in [0.15, 0.2) is 0 Å². The zero-order valence-electron chi connectivity index (χ0n) is 9.04. The van der Waals surface area contributed by atoms with Gasteiger partial charge in [0.2, 0.25) is 0 Å². The topological polar surface area (TPSA) is 43.4 Å². The Bertz CT molecular complexity index is 243. The van der Waals surface area contributed by atoms with Gasteiger partial charge >= 0.3 is 11.9 Å². The van der Waals surface area contributed by atoms with Crippen LogP contribution in [0.2, 0.25) is 0 Å². The standard InChI is InChI=1S/C12H18O3/c13-11-9-7-5-3-1-2-4-6-8-10-12(14)15-11/h5,7H,1-4,6,8-10H2/b7-5-. The monoisotopic (exact) mass is 210 g/mol. The highest BCUT2D eigenvalue weighted by molar-refractivity contribution is 5.86. The van der Waals surface area contributed by atoms with Crippen LogP contribution in [0.1, 0.15) is 51.4 Å². The molecule has 0 radical (unpaired) electrons. The van der Waals surface area contributed by atoms with Crippen LogP contribution >= 0.6 is 0 Å². The average Bonchev–Trinajstić information content (AvgIpc) is 2.21. The quantitative estimate of drug-likeness (QED) is 0.351. The number of carbonyl (C=O) groups is 2. The maximum atomic E-state index is 11.1. The smallest absolute Gasteiger partial charge is 0.317 e. The van der Waals surface area contributed by atoms with Crippen LogP contribution in [0.3, 0.4) is 0 Å². The largest absolute Gasteiger partial charge is 0.393 e. The molecule has 0 spiro atoms. The Morgan fingerprint density at radius 3 is 2.47 bits per heavy atom. The van der Waals surface area contributed by atoms with Crippen molar-refractivity contribution >= 4 is 11.9 Å². The number of hydrogen-bond donors (Lipinski definition) is 0. The average molecular weight is 210 g/mol. The molecule has 0 aromatic carbocycles. The van der Waals surface area contributed by atoms with E-state index >= 15 is 0 Å². The van der Waals surface area contributed by atoms with E-state index in [0.717, 1.165) is 25.7 Å². The Kier molecular flexibility index (Phi) is 5.74. The van der Waals surface area contributed by atoms with Gasteiger partial charge in [-0.3, -0.25) is 9.59 Å². The van der Waals surface area contributed by atoms with Crippen LogP contribution in [-0.2, 0) is 14.3 Å². The van der Waals surface area contributed by atoms with Crippen LogP contribution in [0.15, 0.2) is 12.2 Å². The van der Waals surface area contributed by atoms with E-state index in [0.29, 0.717) is 6.42 Å². The molecule has 0 N–H and O–H groups in total. The summed E-state index contributed by atoms with van der Waals surface area (Å²) in [7, 11) is 0. The highest BCUT2D eigenvalue weighted by atomic mass is 16.6. The first-order valence-electron chi connectivity index (χ1n) is 5.67. The predicted octanol–water partition coefficient (Wildman–Crippen LogP) is 2.75. The predicted molar refractivity (Wildman–Crippen MR) is 57.2 cm³/mol. The van der Waals surface area contributed by atoms with Gasteiger partial charge in [-0.15, -0.1) is 0 Å². The fourth-order valence-electron chi connectivity index (χ4n) is 1.58. The second-order valence-corrected chi connectivity index (χ2v) is 3.83. The van der Waals surface area contributed by atoms with E-state index in [1.54, 1.807) is 6.08 Å². The maximum absolute atomic E-state index is 11.1. The van der Waals surface area contributed by atoms with E-state index in [1.807, 2.05) is 6.08 Å². The summed E-state index contributed by atoms with van der Waals surface area (Å²) < 4.78 is 4.63. The van der Waals surface area contributed by atoms with E-state index in [2.05, 4.69) is 4.74 Å². The van der Waals surface area contributed by atoms with Gasteiger partial charge in [-0.05, 0) is 19.3 Å². The molecule has 0 saturated heterocycles. The van der Waals surface area contributed by atoms with Gasteiger partial charge in [-0.2, -0.15) is 0 Å². The molecular weight excluding hydrogens is 192 g/mol. The van der Waals surface area contributed by atoms with Crippen molar-refractivity contribution in [2.24, 2.45) is 0 Å². The maximum Gasteiger partial charge on any atom is 0.317 e. The molecule has 3 nitrogen and oxygen atoms in total. The van der Waals surface area contributed by atoms with Crippen molar-refractivity contribution in [3.05, 3.63) is 12.2 Å². The number of cyclic esters (lactones) is 2. The fourth-order valence-corrected chi connectivity index (χ4v) is 1.58. The number of allylic oxidation sites excluding steroid dienone is 1. The second-order valence-electron chi connectivity index (χ2n) is 3.83. The van der Waals surface area contributed by atoms with Crippen LogP contribution < -0.4 is 0 Å². The van der Waals surface area contributed by atoms with Crippen LogP contribution in [-0.4, -0.2) is 11.9 Å². The lowest BCUT2D eigenvalue weighted by Crippen LogP contribution is -2.10. The lowest BCUT2D eigenvalue weighted by Gasteiger charge is -2.00. The summed E-state index contributed by atoms with van der Waals surface area (Å²) in [6, 6.07) is 0. The zero-order valence-corrected chi connectivity index (χ0v) is 9.04. The van der Waals surface area contributed by atoms with Gasteiger partial charge in [0.05, 0.1) is 6.42 Å². The van der Waals surface area contributed by atoms with Gasteiger partial charge < -0.3 is 4.74 Å². The highest BCUT2D eigenvalue weighted by Crippen LogP contribution is 2.09. The van der Waals surface area contributed by atoms with Crippen LogP contribution in [0.4, 0.5) is 0 Å². The molecule has 3 heteroatoms. The molecule has 1 rings (SSSR count). The molecule has 0 atom stereocenters. The van der Waals surface area contributed by atoms with Crippen LogP contribution in [0.25, 0.3) is 0 Å². The van der Waals surface area contributed by atoms with Gasteiger partial charge in [0.25, 0.3) is 0 Å². The Morgan fingerprint density at radius 2 is 1.60 bits per heavy atom. The zero-order chi connectivity index (χ0) is 10.9. The minimum absolute atomic E-state index is 0.214. The molecule has 0 bridgehead atoms. The summed E-state index contributed by atoms with van der Waals surface area (Å²) in [6.45, 7) is 0. The Balaban J connectivity index is 2.38. The molecule has 15 heavy (non-hydrogen) atoms. The Labute approximate surface area is 90.5 Å². The second kappa shape index (κ2) is 7.21. The van der Waals surface area contributed by atoms with Gasteiger partial charge in [-0.25, -0.2) is 0 Å². The third-order valence-electron chi connectivity index (χ3n) is 2.43. The first kappa shape index (κ1) is 12.0. The van der Waals surface area contributed by atoms with Crippen molar-refractivity contribution in [2.45, 2.75) is 51.4 Å². The van der Waals surface area contributed by atoms with E-state index in [1.165, 1.54) is 12.8 Å². The molecule has 0 saturated carbocycles. The highest BCUT2D eigenvalue weighted by Gasteiger charge is 2.08. The minimum Gasteiger partial charge on any atom is -0.393 e. The van der Waals surface area contributed by atoms with Crippen molar-refractivity contribution in [1.29, 1.82) is 0 Å². The Morgan fingerprint density at radius 1 is 0.867 bits per heavy atom. The number of hydrogen-bond acceptors (Lipinski definition) is 3. The van der Waals surface area contributed by atoms with Gasteiger partial charge in [0, 0.05) is 6.42 Å². The fraction of sp³-hybridized carbons (Fsp3) is 0.667. The first-order valence-corrected chi connectivity index (χ1v) is 5.67. The van der Waals surface area contributed by atoms with Crippen LogP contribution in [0, 0.1) is 0 Å². The molecule has 0 amide bonds. The summed E-state index contributed by atoms with van der Waals surface area (Å²) in [4.78, 5) is 22.2. The van der Waals surface area contributed by atoms with Gasteiger partial charge in [0.1, 0.15) is 0 Å². The first-order chi connectivity index (χ1) is 7.29. The molecular formula is C12H18O3. The minimum atomic E-state index is -0.435. The number of esters is 2. The van der Waals surface area contributed by atoms with Gasteiger partial charge in [-0.1, -0.05) is 31.4 Å². The Hall–Kier alpha value is -1.12. The SMILES string of the molecule is O=C1C/C=C\CCCCCCCC(=O)O1. The molecule has 0 unspecified atom stereocenters. The van der Waals surface area contributed by atoms with Crippen molar-refractivity contribution in [1.82, 2.24) is 0 Å². The molecule has 1 aliphatic rings. The van der Waals surface area contributed by atoms with Crippen molar-refractivity contribution in [2.75, 3.05) is 0 Å². The van der Waals surface area contributed by atoms with E-state index in [9.17, 15) is 9.59 Å². The molecule has 0 fully saturated rings. The van der Waals surface area contributed by atoms with E-state index in [-0.39, 0.29) is 12.4 Å². The normalized spacial score (nSPS) is 23.2. The third-order valence-corrected chi connectivity index (χ3v) is 2.43.